The lowest BCUT2D eigenvalue weighted by Gasteiger charge is -2.08. The van der Waals surface area contributed by atoms with Gasteiger partial charge in [-0.25, -0.2) is 0 Å². The Bertz CT molecular complexity index is 182. The third-order valence-electron chi connectivity index (χ3n) is 2.15. The highest BCUT2D eigenvalue weighted by Crippen LogP contribution is 2.45. The molecule has 0 saturated heterocycles. The topological polar surface area (TPSA) is 46.5 Å². The predicted molar refractivity (Wildman–Crippen MR) is 44.9 cm³/mol. The molecule has 1 rings (SSSR count). The molecular weight excluding hydrogens is 156 g/mol. The van der Waals surface area contributed by atoms with Crippen molar-refractivity contribution < 1.29 is 14.6 Å². The minimum Gasteiger partial charge on any atom is -0.481 e. The van der Waals surface area contributed by atoms with E-state index in [0.717, 1.165) is 19.3 Å². The highest BCUT2D eigenvalue weighted by atomic mass is 16.5. The summed E-state index contributed by atoms with van der Waals surface area (Å²) in [6.07, 6.45) is 4.07. The summed E-state index contributed by atoms with van der Waals surface area (Å²) in [6.45, 7) is 4.49. The number of hydrogen-bond donors (Lipinski definition) is 1. The van der Waals surface area contributed by atoms with Gasteiger partial charge in [-0.05, 0) is 19.3 Å². The molecule has 1 fully saturated rings. The van der Waals surface area contributed by atoms with E-state index in [1.807, 2.05) is 0 Å². The van der Waals surface area contributed by atoms with Gasteiger partial charge in [0.25, 0.3) is 0 Å². The maximum absolute atomic E-state index is 10.6. The van der Waals surface area contributed by atoms with E-state index in [1.54, 1.807) is 6.08 Å². The molecule has 1 saturated carbocycles. The molecule has 0 radical (unpaired) electrons. The molecule has 0 aromatic rings. The fraction of sp³-hybridized carbons (Fsp3) is 0.667. The van der Waals surface area contributed by atoms with Gasteiger partial charge in [0.15, 0.2) is 0 Å². The molecule has 1 aliphatic carbocycles. The zero-order valence-electron chi connectivity index (χ0n) is 7.08. The third-order valence-corrected chi connectivity index (χ3v) is 2.15. The lowest BCUT2D eigenvalue weighted by Crippen LogP contribution is -2.21. The van der Waals surface area contributed by atoms with Gasteiger partial charge in [0, 0.05) is 0 Å². The van der Waals surface area contributed by atoms with Crippen LogP contribution < -0.4 is 0 Å². The Morgan fingerprint density at radius 1 is 1.67 bits per heavy atom. The Hall–Kier alpha value is -0.830. The predicted octanol–water partition coefficient (Wildman–Crippen LogP) is 1.44. The number of carbonyl (C=O) groups is 1. The van der Waals surface area contributed by atoms with Crippen molar-refractivity contribution in [3.63, 3.8) is 0 Å². The minimum absolute atomic E-state index is 0.357. The molecule has 0 heterocycles. The zero-order chi connectivity index (χ0) is 9.03. The van der Waals surface area contributed by atoms with Gasteiger partial charge in [0.05, 0.1) is 18.6 Å². The molecule has 3 nitrogen and oxygen atoms in total. The summed E-state index contributed by atoms with van der Waals surface area (Å²) in [5.74, 6) is -0.721. The molecule has 1 N–H and O–H groups in total. The molecule has 12 heavy (non-hydrogen) atoms. The van der Waals surface area contributed by atoms with Crippen molar-refractivity contribution in [1.82, 2.24) is 0 Å². The van der Waals surface area contributed by atoms with Crippen LogP contribution >= 0.6 is 0 Å². The molecular formula is C9H14O3. The summed E-state index contributed by atoms with van der Waals surface area (Å²) in [5, 5.41) is 8.76. The molecule has 0 aliphatic heterocycles. The summed E-state index contributed by atoms with van der Waals surface area (Å²) < 4.78 is 5.21. The molecule has 68 valence electrons. The smallest absolute Gasteiger partial charge is 0.311 e. The van der Waals surface area contributed by atoms with Crippen molar-refractivity contribution in [2.24, 2.45) is 5.41 Å². The summed E-state index contributed by atoms with van der Waals surface area (Å²) in [7, 11) is 0. The molecule has 0 unspecified atom stereocenters. The quantitative estimate of drug-likeness (QED) is 0.484. The largest absolute Gasteiger partial charge is 0.481 e. The summed E-state index contributed by atoms with van der Waals surface area (Å²) in [6, 6.07) is 0. The molecule has 0 amide bonds. The van der Waals surface area contributed by atoms with Crippen LogP contribution in [0.5, 0.6) is 0 Å². The Labute approximate surface area is 72.0 Å². The number of aliphatic carboxylic acids is 1. The van der Waals surface area contributed by atoms with Crippen LogP contribution in [0, 0.1) is 5.41 Å². The Morgan fingerprint density at radius 2 is 2.33 bits per heavy atom. The van der Waals surface area contributed by atoms with E-state index >= 15 is 0 Å². The maximum Gasteiger partial charge on any atom is 0.311 e. The van der Waals surface area contributed by atoms with Crippen molar-refractivity contribution in [1.29, 1.82) is 0 Å². The summed E-state index contributed by atoms with van der Waals surface area (Å²) >= 11 is 0. The normalized spacial score (nSPS) is 18.7. The fourth-order valence-corrected chi connectivity index (χ4v) is 1.01. The van der Waals surface area contributed by atoms with Crippen molar-refractivity contribution in [3.8, 4) is 0 Å². The molecule has 0 spiro atoms. The molecule has 1 aliphatic rings. The van der Waals surface area contributed by atoms with E-state index in [9.17, 15) is 4.79 Å². The fourth-order valence-electron chi connectivity index (χ4n) is 1.01. The van der Waals surface area contributed by atoms with Crippen molar-refractivity contribution >= 4 is 5.97 Å². The number of hydrogen-bond acceptors (Lipinski definition) is 2. The van der Waals surface area contributed by atoms with Crippen molar-refractivity contribution in [2.75, 3.05) is 13.2 Å². The van der Waals surface area contributed by atoms with Crippen LogP contribution in [0.15, 0.2) is 12.7 Å². The first-order chi connectivity index (χ1) is 5.71. The maximum atomic E-state index is 10.6. The monoisotopic (exact) mass is 170 g/mol. The summed E-state index contributed by atoms with van der Waals surface area (Å²) in [4.78, 5) is 10.6. The number of carboxylic acid groups (broad SMARTS) is 1. The van der Waals surface area contributed by atoms with Gasteiger partial charge in [0.1, 0.15) is 0 Å². The molecule has 0 bridgehead atoms. The first-order valence-electron chi connectivity index (χ1n) is 4.13. The van der Waals surface area contributed by atoms with Gasteiger partial charge in [-0.3, -0.25) is 4.79 Å². The minimum atomic E-state index is -0.721. The van der Waals surface area contributed by atoms with E-state index in [2.05, 4.69) is 6.58 Å². The zero-order valence-corrected chi connectivity index (χ0v) is 7.08. The highest BCUT2D eigenvalue weighted by Gasteiger charge is 2.50. The molecule has 0 aromatic heterocycles. The molecule has 0 aromatic carbocycles. The molecule has 0 atom stereocenters. The lowest BCUT2D eigenvalue weighted by atomic mass is 10.1. The standard InChI is InChI=1S/C9H14O3/c1-2-3-6-12-7-9(4-5-9)8(10)11/h2H,1,3-7H2,(H,10,11). The Balaban J connectivity index is 2.14. The number of rotatable bonds is 6. The van der Waals surface area contributed by atoms with Crippen LogP contribution in [-0.2, 0) is 9.53 Å². The third kappa shape index (κ3) is 2.08. The first-order valence-corrected chi connectivity index (χ1v) is 4.13. The van der Waals surface area contributed by atoms with Crippen molar-refractivity contribution in [3.05, 3.63) is 12.7 Å². The first kappa shape index (κ1) is 9.26. The average molecular weight is 170 g/mol. The average Bonchev–Trinajstić information content (AvgIpc) is 2.79. The van der Waals surface area contributed by atoms with E-state index in [4.69, 9.17) is 9.84 Å². The van der Waals surface area contributed by atoms with E-state index < -0.39 is 11.4 Å². The number of carboxylic acids is 1. The highest BCUT2D eigenvalue weighted by molar-refractivity contribution is 5.77. The van der Waals surface area contributed by atoms with E-state index in [0.29, 0.717) is 13.2 Å². The van der Waals surface area contributed by atoms with Crippen LogP contribution in [0.3, 0.4) is 0 Å². The van der Waals surface area contributed by atoms with Crippen LogP contribution in [0.25, 0.3) is 0 Å². The van der Waals surface area contributed by atoms with Gasteiger partial charge in [-0.15, -0.1) is 6.58 Å². The van der Waals surface area contributed by atoms with E-state index in [1.165, 1.54) is 0 Å². The Morgan fingerprint density at radius 3 is 2.75 bits per heavy atom. The van der Waals surface area contributed by atoms with Crippen LogP contribution in [0.2, 0.25) is 0 Å². The van der Waals surface area contributed by atoms with Crippen LogP contribution in [0.1, 0.15) is 19.3 Å². The van der Waals surface area contributed by atoms with Crippen LogP contribution in [-0.4, -0.2) is 24.3 Å². The molecule has 3 heteroatoms. The van der Waals surface area contributed by atoms with Gasteiger partial charge in [-0.1, -0.05) is 6.08 Å². The van der Waals surface area contributed by atoms with Gasteiger partial charge >= 0.3 is 5.97 Å². The SMILES string of the molecule is C=CCCOCC1(C(=O)O)CC1. The van der Waals surface area contributed by atoms with Crippen LogP contribution in [0.4, 0.5) is 0 Å². The van der Waals surface area contributed by atoms with Crippen molar-refractivity contribution in [2.45, 2.75) is 19.3 Å². The summed E-state index contributed by atoms with van der Waals surface area (Å²) in [5.41, 5.74) is -0.541. The van der Waals surface area contributed by atoms with Gasteiger partial charge in [-0.2, -0.15) is 0 Å². The Kier molecular flexibility index (Phi) is 2.87. The van der Waals surface area contributed by atoms with Gasteiger partial charge < -0.3 is 9.84 Å². The van der Waals surface area contributed by atoms with Gasteiger partial charge in [0.2, 0.25) is 0 Å². The van der Waals surface area contributed by atoms with E-state index in [-0.39, 0.29) is 0 Å². The second kappa shape index (κ2) is 3.72. The number of ether oxygens (including phenoxy) is 1. The second-order valence-electron chi connectivity index (χ2n) is 3.22. The second-order valence-corrected chi connectivity index (χ2v) is 3.22. The lowest BCUT2D eigenvalue weighted by molar-refractivity contribution is -0.145.